The number of esters is 1. The molecule has 0 spiro atoms. The Morgan fingerprint density at radius 1 is 1.29 bits per heavy atom. The molecular formula is C19H25NO4. The summed E-state index contributed by atoms with van der Waals surface area (Å²) in [4.78, 5) is 12.7. The predicted octanol–water partition coefficient (Wildman–Crippen LogP) is 2.11. The number of nitrogens with one attached hydrogen (secondary N) is 1. The maximum absolute atomic E-state index is 12.7. The lowest BCUT2D eigenvalue weighted by atomic mass is 10.0. The van der Waals surface area contributed by atoms with E-state index in [9.17, 15) is 4.79 Å². The molecule has 1 saturated carbocycles. The van der Waals surface area contributed by atoms with Gasteiger partial charge in [0.05, 0.1) is 12.0 Å². The van der Waals surface area contributed by atoms with Crippen molar-refractivity contribution < 1.29 is 19.0 Å². The van der Waals surface area contributed by atoms with E-state index in [1.54, 1.807) is 0 Å². The van der Waals surface area contributed by atoms with Gasteiger partial charge in [0.15, 0.2) is 6.29 Å². The van der Waals surface area contributed by atoms with Crippen LogP contribution >= 0.6 is 0 Å². The number of hydrogen-bond acceptors (Lipinski definition) is 5. The fraction of sp³-hybridized carbons (Fsp3) is 0.632. The Labute approximate surface area is 142 Å². The minimum absolute atomic E-state index is 0.0838. The van der Waals surface area contributed by atoms with Gasteiger partial charge in [0.1, 0.15) is 6.61 Å². The van der Waals surface area contributed by atoms with Crippen LogP contribution in [0, 0.1) is 17.3 Å². The van der Waals surface area contributed by atoms with Crippen LogP contribution in [-0.4, -0.2) is 38.6 Å². The molecule has 0 bridgehead atoms. The summed E-state index contributed by atoms with van der Waals surface area (Å²) in [7, 11) is 0. The zero-order valence-electron chi connectivity index (χ0n) is 13.9. The molecule has 2 saturated heterocycles. The minimum atomic E-state index is -0.385. The van der Waals surface area contributed by atoms with Crippen molar-refractivity contribution in [3.05, 3.63) is 35.9 Å². The van der Waals surface area contributed by atoms with Gasteiger partial charge in [0.25, 0.3) is 0 Å². The van der Waals surface area contributed by atoms with E-state index in [2.05, 4.69) is 5.32 Å². The summed E-state index contributed by atoms with van der Waals surface area (Å²) in [5.74, 6) is 0.511. The summed E-state index contributed by atoms with van der Waals surface area (Å²) in [6.07, 6.45) is 3.14. The molecule has 5 heteroatoms. The van der Waals surface area contributed by atoms with Gasteiger partial charge in [0.2, 0.25) is 0 Å². The molecular weight excluding hydrogens is 306 g/mol. The van der Waals surface area contributed by atoms with Gasteiger partial charge in [-0.05, 0) is 37.3 Å². The van der Waals surface area contributed by atoms with Crippen LogP contribution in [0.15, 0.2) is 30.3 Å². The Bertz CT molecular complexity index is 572. The van der Waals surface area contributed by atoms with E-state index in [1.807, 2.05) is 30.3 Å². The van der Waals surface area contributed by atoms with E-state index >= 15 is 0 Å². The highest BCUT2D eigenvalue weighted by Gasteiger charge is 2.72. The second-order valence-electron chi connectivity index (χ2n) is 7.08. The first-order valence-corrected chi connectivity index (χ1v) is 8.96. The van der Waals surface area contributed by atoms with E-state index in [0.717, 1.165) is 38.0 Å². The van der Waals surface area contributed by atoms with Crippen LogP contribution in [-0.2, 0) is 25.6 Å². The predicted molar refractivity (Wildman–Crippen MR) is 88.1 cm³/mol. The van der Waals surface area contributed by atoms with Crippen LogP contribution in [0.5, 0.6) is 0 Å². The van der Waals surface area contributed by atoms with Crippen molar-refractivity contribution in [2.24, 2.45) is 17.3 Å². The maximum atomic E-state index is 12.7. The summed E-state index contributed by atoms with van der Waals surface area (Å²) in [5, 5.41) is 3.32. The summed E-state index contributed by atoms with van der Waals surface area (Å²) >= 11 is 0. The molecule has 0 radical (unpaired) electrons. The Balaban J connectivity index is 1.31. The van der Waals surface area contributed by atoms with Crippen molar-refractivity contribution in [1.29, 1.82) is 0 Å². The molecule has 2 aliphatic heterocycles. The van der Waals surface area contributed by atoms with Crippen molar-refractivity contribution in [3.63, 3.8) is 0 Å². The summed E-state index contributed by atoms with van der Waals surface area (Å²) in [6, 6.07) is 9.83. The standard InChI is InChI=1S/C19H25NO4/c21-18(24-11-14-6-2-1-3-7-14)19-13-20-10-15(19)16(19)12-23-17-8-4-5-9-22-17/h1-3,6-7,15-17,20H,4-5,8-13H2. The van der Waals surface area contributed by atoms with Crippen molar-refractivity contribution in [2.45, 2.75) is 32.2 Å². The zero-order chi connectivity index (χ0) is 16.4. The number of benzene rings is 1. The number of carbonyl (C=O) groups is 1. The van der Waals surface area contributed by atoms with Gasteiger partial charge in [-0.3, -0.25) is 4.79 Å². The van der Waals surface area contributed by atoms with E-state index in [1.165, 1.54) is 0 Å². The third kappa shape index (κ3) is 2.96. The Morgan fingerprint density at radius 2 is 2.17 bits per heavy atom. The lowest BCUT2D eigenvalue weighted by molar-refractivity contribution is -0.169. The van der Waals surface area contributed by atoms with Crippen LogP contribution < -0.4 is 5.32 Å². The van der Waals surface area contributed by atoms with Gasteiger partial charge in [-0.25, -0.2) is 0 Å². The highest BCUT2D eigenvalue weighted by molar-refractivity contribution is 5.82. The van der Waals surface area contributed by atoms with Crippen molar-refractivity contribution in [2.75, 3.05) is 26.3 Å². The molecule has 4 unspecified atom stereocenters. The molecule has 0 aromatic heterocycles. The van der Waals surface area contributed by atoms with E-state index < -0.39 is 0 Å². The number of hydrogen-bond donors (Lipinski definition) is 1. The minimum Gasteiger partial charge on any atom is -0.460 e. The van der Waals surface area contributed by atoms with Gasteiger partial charge >= 0.3 is 5.97 Å². The third-order valence-corrected chi connectivity index (χ3v) is 5.67. The number of fused-ring (bicyclic) bond motifs is 1. The van der Waals surface area contributed by atoms with Crippen LogP contribution in [0.3, 0.4) is 0 Å². The summed E-state index contributed by atoms with van der Waals surface area (Å²) in [6.45, 7) is 3.29. The molecule has 1 aliphatic carbocycles. The van der Waals surface area contributed by atoms with E-state index in [-0.39, 0.29) is 23.6 Å². The first-order valence-electron chi connectivity index (χ1n) is 8.96. The molecule has 2 heterocycles. The van der Waals surface area contributed by atoms with Gasteiger partial charge in [-0.1, -0.05) is 30.3 Å². The molecule has 130 valence electrons. The number of rotatable bonds is 6. The molecule has 1 N–H and O–H groups in total. The summed E-state index contributed by atoms with van der Waals surface area (Å²) in [5.41, 5.74) is 0.637. The first-order chi connectivity index (χ1) is 11.8. The highest BCUT2D eigenvalue weighted by atomic mass is 16.7. The average molecular weight is 331 g/mol. The largest absolute Gasteiger partial charge is 0.460 e. The van der Waals surface area contributed by atoms with Crippen molar-refractivity contribution in [3.8, 4) is 0 Å². The second kappa shape index (κ2) is 6.82. The van der Waals surface area contributed by atoms with Crippen LogP contribution in [0.4, 0.5) is 0 Å². The SMILES string of the molecule is O=C(OCc1ccccc1)C12CNCC1C2COC1CCCCO1. The van der Waals surface area contributed by atoms with Gasteiger partial charge in [0, 0.05) is 19.1 Å². The van der Waals surface area contributed by atoms with Crippen LogP contribution in [0.2, 0.25) is 0 Å². The fourth-order valence-electron chi connectivity index (χ4n) is 4.18. The second-order valence-corrected chi connectivity index (χ2v) is 7.08. The molecule has 4 atom stereocenters. The van der Waals surface area contributed by atoms with Gasteiger partial charge in [-0.2, -0.15) is 0 Å². The quantitative estimate of drug-likeness (QED) is 0.809. The van der Waals surface area contributed by atoms with Crippen molar-refractivity contribution >= 4 is 5.97 Å². The number of piperidine rings is 1. The van der Waals surface area contributed by atoms with Crippen LogP contribution in [0.1, 0.15) is 24.8 Å². The molecule has 4 rings (SSSR count). The van der Waals surface area contributed by atoms with E-state index in [0.29, 0.717) is 25.7 Å². The van der Waals surface area contributed by atoms with Crippen molar-refractivity contribution in [1.82, 2.24) is 5.32 Å². The summed E-state index contributed by atoms with van der Waals surface area (Å²) < 4.78 is 17.2. The molecule has 1 aromatic carbocycles. The normalized spacial score (nSPS) is 34.6. The van der Waals surface area contributed by atoms with Gasteiger partial charge in [-0.15, -0.1) is 0 Å². The van der Waals surface area contributed by atoms with Crippen LogP contribution in [0.25, 0.3) is 0 Å². The average Bonchev–Trinajstić information content (AvgIpc) is 3.03. The lowest BCUT2D eigenvalue weighted by Crippen LogP contribution is -2.31. The van der Waals surface area contributed by atoms with Gasteiger partial charge < -0.3 is 19.5 Å². The Morgan fingerprint density at radius 3 is 2.96 bits per heavy atom. The lowest BCUT2D eigenvalue weighted by Gasteiger charge is -2.23. The topological polar surface area (TPSA) is 56.8 Å². The smallest absolute Gasteiger partial charge is 0.314 e. The zero-order valence-corrected chi connectivity index (χ0v) is 13.9. The third-order valence-electron chi connectivity index (χ3n) is 5.67. The molecule has 5 nitrogen and oxygen atoms in total. The first kappa shape index (κ1) is 16.1. The number of carbonyl (C=O) groups excluding carboxylic acids is 1. The molecule has 24 heavy (non-hydrogen) atoms. The van der Waals surface area contributed by atoms with E-state index in [4.69, 9.17) is 14.2 Å². The molecule has 3 aliphatic rings. The Kier molecular flexibility index (Phi) is 4.57. The Hall–Kier alpha value is -1.43. The molecule has 1 aromatic rings. The fourth-order valence-corrected chi connectivity index (χ4v) is 4.18. The number of ether oxygens (including phenoxy) is 3. The monoisotopic (exact) mass is 331 g/mol. The highest BCUT2D eigenvalue weighted by Crippen LogP contribution is 2.61. The maximum Gasteiger partial charge on any atom is 0.314 e. The molecule has 0 amide bonds. The molecule has 3 fully saturated rings.